The highest BCUT2D eigenvalue weighted by Gasteiger charge is 2.16. The van der Waals surface area contributed by atoms with Gasteiger partial charge in [0, 0.05) is 23.3 Å². The quantitative estimate of drug-likeness (QED) is 0.817. The van der Waals surface area contributed by atoms with E-state index >= 15 is 0 Å². The van der Waals surface area contributed by atoms with E-state index in [0.29, 0.717) is 16.1 Å². The number of nitriles is 1. The van der Waals surface area contributed by atoms with Crippen molar-refractivity contribution in [1.29, 1.82) is 5.26 Å². The van der Waals surface area contributed by atoms with Crippen LogP contribution in [0.15, 0.2) is 18.2 Å². The van der Waals surface area contributed by atoms with Gasteiger partial charge in [0.15, 0.2) is 5.78 Å². The molecular formula is C19H20N2O2S. The second-order valence-corrected chi connectivity index (χ2v) is 7.09. The van der Waals surface area contributed by atoms with E-state index in [2.05, 4.69) is 11.4 Å². The van der Waals surface area contributed by atoms with Crippen LogP contribution in [0.3, 0.4) is 0 Å². The summed E-state index contributed by atoms with van der Waals surface area (Å²) >= 11 is 1.39. The van der Waals surface area contributed by atoms with Crippen LogP contribution in [0.25, 0.3) is 0 Å². The Hall–Kier alpha value is -2.45. The molecule has 0 saturated heterocycles. The maximum Gasteiger partial charge on any atom is 0.225 e. The maximum atomic E-state index is 12.2. The predicted molar refractivity (Wildman–Crippen MR) is 96.6 cm³/mol. The molecule has 24 heavy (non-hydrogen) atoms. The topological polar surface area (TPSA) is 70.0 Å². The van der Waals surface area contributed by atoms with Gasteiger partial charge in [-0.1, -0.05) is 12.1 Å². The van der Waals surface area contributed by atoms with Crippen molar-refractivity contribution in [3.8, 4) is 6.07 Å². The molecule has 0 atom stereocenters. The molecule has 1 heterocycles. The first-order chi connectivity index (χ1) is 11.3. The molecule has 0 radical (unpaired) electrons. The standard InChI is InChI=1S/C19H20N2O2S/c1-11-5-6-15(9-12(11)2)17(22)7-8-18(23)21-19-16(10-20)13(3)14(4)24-19/h5-6,9H,7-8H2,1-4H3,(H,21,23). The number of hydrogen-bond acceptors (Lipinski definition) is 4. The SMILES string of the molecule is Cc1ccc(C(=O)CCC(=O)Nc2sc(C)c(C)c2C#N)cc1C. The first-order valence-electron chi connectivity index (χ1n) is 7.74. The van der Waals surface area contributed by atoms with Gasteiger partial charge in [-0.15, -0.1) is 11.3 Å². The minimum Gasteiger partial charge on any atom is -0.317 e. The third-order valence-corrected chi connectivity index (χ3v) is 5.28. The Labute approximate surface area is 146 Å². The van der Waals surface area contributed by atoms with Crippen molar-refractivity contribution in [2.45, 2.75) is 40.5 Å². The number of carbonyl (C=O) groups excluding carboxylic acids is 2. The number of aryl methyl sites for hydroxylation is 3. The van der Waals surface area contributed by atoms with E-state index in [1.165, 1.54) is 11.3 Å². The molecule has 1 amide bonds. The van der Waals surface area contributed by atoms with E-state index in [4.69, 9.17) is 0 Å². The maximum absolute atomic E-state index is 12.2. The summed E-state index contributed by atoms with van der Waals surface area (Å²) in [6, 6.07) is 7.69. The van der Waals surface area contributed by atoms with E-state index in [9.17, 15) is 14.9 Å². The Morgan fingerprint density at radius 1 is 1.12 bits per heavy atom. The minimum absolute atomic E-state index is 0.0488. The van der Waals surface area contributed by atoms with Gasteiger partial charge in [0.25, 0.3) is 0 Å². The molecule has 0 aliphatic rings. The molecule has 1 N–H and O–H groups in total. The lowest BCUT2D eigenvalue weighted by Crippen LogP contribution is -2.13. The van der Waals surface area contributed by atoms with Crippen molar-refractivity contribution in [2.75, 3.05) is 5.32 Å². The molecule has 0 aliphatic carbocycles. The van der Waals surface area contributed by atoms with Crippen LogP contribution in [0.4, 0.5) is 5.00 Å². The zero-order valence-electron chi connectivity index (χ0n) is 14.3. The molecule has 0 bridgehead atoms. The van der Waals surface area contributed by atoms with Gasteiger partial charge in [-0.3, -0.25) is 9.59 Å². The molecule has 0 spiro atoms. The number of amides is 1. The number of benzene rings is 1. The molecule has 4 nitrogen and oxygen atoms in total. The molecule has 0 unspecified atom stereocenters. The number of rotatable bonds is 5. The lowest BCUT2D eigenvalue weighted by Gasteiger charge is -2.05. The Balaban J connectivity index is 1.98. The van der Waals surface area contributed by atoms with Crippen molar-refractivity contribution in [2.24, 2.45) is 0 Å². The third-order valence-electron chi connectivity index (χ3n) is 4.16. The van der Waals surface area contributed by atoms with E-state index in [1.807, 2.05) is 39.8 Å². The van der Waals surface area contributed by atoms with Crippen molar-refractivity contribution in [3.63, 3.8) is 0 Å². The lowest BCUT2D eigenvalue weighted by molar-refractivity contribution is -0.116. The summed E-state index contributed by atoms with van der Waals surface area (Å²) in [6.07, 6.45) is 0.256. The predicted octanol–water partition coefficient (Wildman–Crippen LogP) is 4.46. The Morgan fingerprint density at radius 2 is 1.83 bits per heavy atom. The van der Waals surface area contributed by atoms with Gasteiger partial charge in [0.05, 0.1) is 5.56 Å². The average molecular weight is 340 g/mol. The fourth-order valence-corrected chi connectivity index (χ4v) is 3.35. The molecule has 1 aromatic carbocycles. The van der Waals surface area contributed by atoms with Gasteiger partial charge < -0.3 is 5.32 Å². The van der Waals surface area contributed by atoms with Gasteiger partial charge in [-0.25, -0.2) is 0 Å². The van der Waals surface area contributed by atoms with Gasteiger partial charge in [-0.2, -0.15) is 5.26 Å². The fraction of sp³-hybridized carbons (Fsp3) is 0.316. The number of hydrogen-bond donors (Lipinski definition) is 1. The third kappa shape index (κ3) is 3.90. The van der Waals surface area contributed by atoms with Gasteiger partial charge in [0.1, 0.15) is 11.1 Å². The molecule has 2 rings (SSSR count). The van der Waals surface area contributed by atoms with E-state index in [1.54, 1.807) is 6.07 Å². The number of nitrogens with one attached hydrogen (secondary N) is 1. The van der Waals surface area contributed by atoms with E-state index < -0.39 is 0 Å². The van der Waals surface area contributed by atoms with Gasteiger partial charge in [-0.05, 0) is 50.5 Å². The lowest BCUT2D eigenvalue weighted by atomic mass is 10.0. The van der Waals surface area contributed by atoms with Crippen LogP contribution in [0, 0.1) is 39.0 Å². The van der Waals surface area contributed by atoms with Crippen LogP contribution in [-0.4, -0.2) is 11.7 Å². The average Bonchev–Trinajstić information content (AvgIpc) is 2.81. The summed E-state index contributed by atoms with van der Waals surface area (Å²) in [5.41, 5.74) is 4.23. The van der Waals surface area contributed by atoms with Crippen molar-refractivity contribution in [1.82, 2.24) is 0 Å². The normalized spacial score (nSPS) is 10.3. The number of anilines is 1. The largest absolute Gasteiger partial charge is 0.317 e. The summed E-state index contributed by atoms with van der Waals surface area (Å²) in [5.74, 6) is -0.294. The van der Waals surface area contributed by atoms with Crippen LogP contribution in [0.5, 0.6) is 0 Å². The Kier molecular flexibility index (Phi) is 5.53. The number of carbonyl (C=O) groups is 2. The first kappa shape index (κ1) is 17.9. The highest BCUT2D eigenvalue weighted by Crippen LogP contribution is 2.31. The summed E-state index contributed by atoms with van der Waals surface area (Å²) < 4.78 is 0. The molecule has 5 heteroatoms. The highest BCUT2D eigenvalue weighted by atomic mass is 32.1. The second kappa shape index (κ2) is 7.41. The molecule has 0 aliphatic heterocycles. The number of nitrogens with zero attached hydrogens (tertiary/aromatic N) is 1. The summed E-state index contributed by atoms with van der Waals surface area (Å²) in [6.45, 7) is 7.74. The van der Waals surface area contributed by atoms with Crippen molar-refractivity contribution < 1.29 is 9.59 Å². The summed E-state index contributed by atoms with van der Waals surface area (Å²) in [7, 11) is 0. The van der Waals surface area contributed by atoms with E-state index in [-0.39, 0.29) is 24.5 Å². The molecule has 0 fully saturated rings. The zero-order chi connectivity index (χ0) is 17.9. The smallest absolute Gasteiger partial charge is 0.225 e. The monoisotopic (exact) mass is 340 g/mol. The van der Waals surface area contributed by atoms with Crippen LogP contribution in [0.2, 0.25) is 0 Å². The van der Waals surface area contributed by atoms with E-state index in [0.717, 1.165) is 21.6 Å². The molecule has 0 saturated carbocycles. The molecular weight excluding hydrogens is 320 g/mol. The molecule has 124 valence electrons. The fourth-order valence-electron chi connectivity index (χ4n) is 2.33. The summed E-state index contributed by atoms with van der Waals surface area (Å²) in [4.78, 5) is 25.3. The summed E-state index contributed by atoms with van der Waals surface area (Å²) in [5, 5.41) is 12.5. The number of Topliss-reactive ketones (excluding diaryl/α,β-unsaturated/α-hetero) is 1. The zero-order valence-corrected chi connectivity index (χ0v) is 15.1. The van der Waals surface area contributed by atoms with Crippen LogP contribution in [0.1, 0.15) is 50.3 Å². The van der Waals surface area contributed by atoms with Crippen LogP contribution < -0.4 is 5.32 Å². The van der Waals surface area contributed by atoms with Crippen molar-refractivity contribution in [3.05, 3.63) is 50.9 Å². The Morgan fingerprint density at radius 3 is 2.46 bits per heavy atom. The van der Waals surface area contributed by atoms with Crippen LogP contribution in [-0.2, 0) is 4.79 Å². The number of ketones is 1. The van der Waals surface area contributed by atoms with Gasteiger partial charge >= 0.3 is 0 Å². The second-order valence-electron chi connectivity index (χ2n) is 5.87. The number of thiophene rings is 1. The van der Waals surface area contributed by atoms with Crippen molar-refractivity contribution >= 4 is 28.0 Å². The first-order valence-corrected chi connectivity index (χ1v) is 8.55. The Bertz CT molecular complexity index is 844. The van der Waals surface area contributed by atoms with Crippen LogP contribution >= 0.6 is 11.3 Å². The minimum atomic E-state index is -0.245. The molecule has 1 aromatic heterocycles. The highest BCUT2D eigenvalue weighted by molar-refractivity contribution is 7.16. The van der Waals surface area contributed by atoms with Gasteiger partial charge in [0.2, 0.25) is 5.91 Å². The molecule has 2 aromatic rings.